The van der Waals surface area contributed by atoms with E-state index in [-0.39, 0.29) is 28.8 Å². The Labute approximate surface area is 182 Å². The van der Waals surface area contributed by atoms with E-state index in [2.05, 4.69) is 25.6 Å². The van der Waals surface area contributed by atoms with Crippen molar-refractivity contribution < 1.29 is 22.7 Å². The monoisotopic (exact) mass is 465 g/mol. The zero-order valence-corrected chi connectivity index (χ0v) is 17.0. The number of rotatable bonds is 4. The van der Waals surface area contributed by atoms with E-state index in [9.17, 15) is 22.9 Å². The number of halogens is 4. The quantitative estimate of drug-likeness (QED) is 0.592. The van der Waals surface area contributed by atoms with Gasteiger partial charge in [0, 0.05) is 21.3 Å². The van der Waals surface area contributed by atoms with Crippen molar-refractivity contribution in [2.24, 2.45) is 0 Å². The van der Waals surface area contributed by atoms with Crippen molar-refractivity contribution in [2.75, 3.05) is 11.9 Å². The molecule has 1 N–H and O–H groups in total. The highest BCUT2D eigenvalue weighted by molar-refractivity contribution is 6.32. The minimum atomic E-state index is -4.90. The van der Waals surface area contributed by atoms with Crippen LogP contribution in [0, 0.1) is 4.91 Å². The van der Waals surface area contributed by atoms with Gasteiger partial charge in [0.25, 0.3) is 5.91 Å². The molecule has 14 heteroatoms. The van der Waals surface area contributed by atoms with E-state index in [1.54, 1.807) is 0 Å². The Kier molecular flexibility index (Phi) is 5.34. The lowest BCUT2D eigenvalue weighted by Gasteiger charge is -2.15. The molecule has 32 heavy (non-hydrogen) atoms. The van der Waals surface area contributed by atoms with Crippen LogP contribution in [-0.2, 0) is 6.18 Å². The molecule has 0 spiro atoms. The Bertz CT molecular complexity index is 1280. The molecule has 1 aliphatic heterocycles. The SMILES string of the molecule is CC1=C(n2ncc(C(=O)Nc3cnc(-n4nccn4)c(Cl)c3)c2C(F)(F)F)C=C[N+](=O)C1. The predicted molar refractivity (Wildman–Crippen MR) is 106 cm³/mol. The molecular formula is C18H13ClF3N8O2+. The average molecular weight is 466 g/mol. The van der Waals surface area contributed by atoms with Crippen LogP contribution in [-0.4, -0.2) is 47.0 Å². The fraction of sp³-hybridized carbons (Fsp3) is 0.167. The Morgan fingerprint density at radius 2 is 1.94 bits per heavy atom. The lowest BCUT2D eigenvalue weighted by atomic mass is 10.1. The van der Waals surface area contributed by atoms with Gasteiger partial charge in [-0.05, 0) is 13.0 Å². The molecule has 4 rings (SSSR count). The van der Waals surface area contributed by atoms with Crippen molar-refractivity contribution in [1.29, 1.82) is 0 Å². The van der Waals surface area contributed by atoms with Crippen LogP contribution in [0.4, 0.5) is 18.9 Å². The fourth-order valence-corrected chi connectivity index (χ4v) is 3.30. The maximum Gasteiger partial charge on any atom is 0.434 e. The van der Waals surface area contributed by atoms with Gasteiger partial charge in [0.05, 0.1) is 46.8 Å². The predicted octanol–water partition coefficient (Wildman–Crippen LogP) is 3.32. The van der Waals surface area contributed by atoms with Crippen LogP contribution in [0.2, 0.25) is 5.02 Å². The van der Waals surface area contributed by atoms with Gasteiger partial charge in [0.1, 0.15) is 0 Å². The van der Waals surface area contributed by atoms with Crippen LogP contribution in [0.3, 0.4) is 0 Å². The molecule has 3 aromatic rings. The molecule has 0 aliphatic carbocycles. The van der Waals surface area contributed by atoms with Gasteiger partial charge in [-0.2, -0.15) is 28.5 Å². The second-order valence-corrected chi connectivity index (χ2v) is 7.08. The molecule has 0 saturated carbocycles. The van der Waals surface area contributed by atoms with E-state index in [1.807, 2.05) is 0 Å². The second kappa shape index (κ2) is 8.00. The number of carbonyl (C=O) groups is 1. The molecule has 1 amide bonds. The molecule has 3 aromatic heterocycles. The number of aromatic nitrogens is 6. The van der Waals surface area contributed by atoms with E-state index in [4.69, 9.17) is 11.6 Å². The van der Waals surface area contributed by atoms with E-state index >= 15 is 0 Å². The first-order valence-electron chi connectivity index (χ1n) is 8.96. The van der Waals surface area contributed by atoms with E-state index in [0.29, 0.717) is 15.0 Å². The van der Waals surface area contributed by atoms with Crippen molar-refractivity contribution >= 4 is 28.9 Å². The first-order chi connectivity index (χ1) is 15.1. The molecule has 1 aliphatic rings. The smallest absolute Gasteiger partial charge is 0.320 e. The summed E-state index contributed by atoms with van der Waals surface area (Å²) in [5.41, 5.74) is -1.49. The first kappa shape index (κ1) is 21.4. The van der Waals surface area contributed by atoms with Crippen molar-refractivity contribution in [3.8, 4) is 5.82 Å². The Morgan fingerprint density at radius 3 is 2.56 bits per heavy atom. The van der Waals surface area contributed by atoms with Gasteiger partial charge < -0.3 is 5.32 Å². The number of hydrogen-bond donors (Lipinski definition) is 1. The van der Waals surface area contributed by atoms with Crippen LogP contribution in [0.5, 0.6) is 0 Å². The van der Waals surface area contributed by atoms with Crippen molar-refractivity contribution in [2.45, 2.75) is 13.1 Å². The number of nitrogens with one attached hydrogen (secondary N) is 1. The Balaban J connectivity index is 1.67. The lowest BCUT2D eigenvalue weighted by Crippen LogP contribution is -2.22. The van der Waals surface area contributed by atoms with Crippen molar-refractivity contribution in [3.05, 3.63) is 69.9 Å². The molecule has 4 heterocycles. The average Bonchev–Trinajstić information content (AvgIpc) is 3.38. The zero-order chi connectivity index (χ0) is 23.0. The summed E-state index contributed by atoms with van der Waals surface area (Å²) in [4.78, 5) is 29.3. The zero-order valence-electron chi connectivity index (χ0n) is 16.2. The van der Waals surface area contributed by atoms with E-state index in [1.165, 1.54) is 37.7 Å². The number of pyridine rings is 1. The number of nitroso groups, excluding NO2 is 1. The lowest BCUT2D eigenvalue weighted by molar-refractivity contribution is -0.471. The second-order valence-electron chi connectivity index (χ2n) is 6.67. The molecule has 0 unspecified atom stereocenters. The van der Waals surface area contributed by atoms with E-state index < -0.39 is 23.3 Å². The normalized spacial score (nSPS) is 14.2. The Hall–Kier alpha value is -3.87. The number of carbonyl (C=O) groups excluding carboxylic acids is 1. The highest BCUT2D eigenvalue weighted by Gasteiger charge is 2.41. The molecule has 0 atom stereocenters. The molecule has 10 nitrogen and oxygen atoms in total. The van der Waals surface area contributed by atoms with Gasteiger partial charge in [0.2, 0.25) is 12.7 Å². The summed E-state index contributed by atoms with van der Waals surface area (Å²) in [5.74, 6) is -0.882. The third-order valence-electron chi connectivity index (χ3n) is 4.43. The number of alkyl halides is 3. The van der Waals surface area contributed by atoms with E-state index in [0.717, 1.165) is 17.2 Å². The third-order valence-corrected chi connectivity index (χ3v) is 4.71. The molecule has 0 aromatic carbocycles. The number of amides is 1. The van der Waals surface area contributed by atoms with Crippen LogP contribution in [0.1, 0.15) is 23.0 Å². The van der Waals surface area contributed by atoms with Gasteiger partial charge in [-0.1, -0.05) is 11.6 Å². The summed E-state index contributed by atoms with van der Waals surface area (Å²) in [6.45, 7) is 1.39. The van der Waals surface area contributed by atoms with Crippen LogP contribution in [0.15, 0.2) is 48.7 Å². The highest BCUT2D eigenvalue weighted by atomic mass is 35.5. The van der Waals surface area contributed by atoms with Crippen LogP contribution >= 0.6 is 11.6 Å². The number of allylic oxidation sites excluding steroid dienone is 2. The van der Waals surface area contributed by atoms with Crippen molar-refractivity contribution in [3.63, 3.8) is 0 Å². The molecule has 164 valence electrons. The molecule has 0 saturated heterocycles. The third kappa shape index (κ3) is 4.01. The minimum Gasteiger partial charge on any atom is -0.320 e. The first-order valence-corrected chi connectivity index (χ1v) is 9.34. The number of nitrogens with zero attached hydrogens (tertiary/aromatic N) is 7. The summed E-state index contributed by atoms with van der Waals surface area (Å²) < 4.78 is 42.8. The largest absolute Gasteiger partial charge is 0.434 e. The summed E-state index contributed by atoms with van der Waals surface area (Å²) >= 11 is 6.13. The maximum atomic E-state index is 13.9. The summed E-state index contributed by atoms with van der Waals surface area (Å²) in [7, 11) is 0. The standard InChI is InChI=1S/C18H12ClF3N8O2/c1-10-9-28(32)5-2-14(10)29-15(18(20,21)22)12(8-26-29)17(31)27-11-6-13(19)16(23-7-11)30-24-3-4-25-30/h2-8H,9H2,1H3/p+1. The van der Waals surface area contributed by atoms with Gasteiger partial charge in [-0.3, -0.25) is 4.79 Å². The summed E-state index contributed by atoms with van der Waals surface area (Å²) in [6, 6.07) is 1.31. The van der Waals surface area contributed by atoms with Gasteiger partial charge in [-0.15, -0.1) is 4.80 Å². The summed E-state index contributed by atoms with van der Waals surface area (Å²) in [5, 5.41) is 13.9. The topological polar surface area (TPSA) is 111 Å². The molecule has 0 bridgehead atoms. The van der Waals surface area contributed by atoms with Gasteiger partial charge in [-0.25, -0.2) is 9.67 Å². The Morgan fingerprint density at radius 1 is 1.22 bits per heavy atom. The summed E-state index contributed by atoms with van der Waals surface area (Å²) in [6.07, 6.45) is 2.25. The van der Waals surface area contributed by atoms with Crippen molar-refractivity contribution in [1.82, 2.24) is 29.8 Å². The van der Waals surface area contributed by atoms with Crippen LogP contribution < -0.4 is 5.32 Å². The van der Waals surface area contributed by atoms with Gasteiger partial charge >= 0.3 is 6.18 Å². The van der Waals surface area contributed by atoms with Gasteiger partial charge in [0.15, 0.2) is 11.5 Å². The van der Waals surface area contributed by atoms with Crippen LogP contribution in [0.25, 0.3) is 11.5 Å². The maximum absolute atomic E-state index is 13.9. The fourth-order valence-electron chi connectivity index (χ4n) is 3.05. The molecular weight excluding hydrogens is 453 g/mol. The molecule has 0 fully saturated rings. The number of anilines is 1. The number of hydrogen-bond acceptors (Lipinski definition) is 6. The molecule has 0 radical (unpaired) electrons. The minimum absolute atomic E-state index is 0.0595. The highest BCUT2D eigenvalue weighted by Crippen LogP contribution is 2.35.